The minimum atomic E-state index is -0.171. The van der Waals surface area contributed by atoms with E-state index in [9.17, 15) is 4.39 Å². The number of benzene rings is 1. The normalized spacial score (nSPS) is 23.0. The molecular formula is C13H19FN2. The van der Waals surface area contributed by atoms with Gasteiger partial charge < -0.3 is 10.6 Å². The molecule has 0 radical (unpaired) electrons. The number of likely N-dealkylation sites (N-methyl/N-ethyl adjacent to an activating group) is 1. The van der Waals surface area contributed by atoms with Gasteiger partial charge in [0, 0.05) is 12.1 Å². The standard InChI is InChI=1S/C13H19FN2/c1-15-13(12-4-2-3-9-16-12)10-5-7-11(14)8-6-10/h5-8,12-13,15-16H,2-4,9H2,1H3. The van der Waals surface area contributed by atoms with Crippen LogP contribution in [0.15, 0.2) is 24.3 Å². The molecular weight excluding hydrogens is 203 g/mol. The van der Waals surface area contributed by atoms with E-state index in [-0.39, 0.29) is 11.9 Å². The highest BCUT2D eigenvalue weighted by atomic mass is 19.1. The Morgan fingerprint density at radius 1 is 1.31 bits per heavy atom. The molecule has 2 nitrogen and oxygen atoms in total. The van der Waals surface area contributed by atoms with Crippen LogP contribution in [0.5, 0.6) is 0 Å². The molecule has 0 amide bonds. The summed E-state index contributed by atoms with van der Waals surface area (Å²) >= 11 is 0. The second-order valence-electron chi connectivity index (χ2n) is 4.37. The lowest BCUT2D eigenvalue weighted by Gasteiger charge is -2.31. The van der Waals surface area contributed by atoms with Crippen LogP contribution in [-0.4, -0.2) is 19.6 Å². The van der Waals surface area contributed by atoms with Crippen molar-refractivity contribution in [2.75, 3.05) is 13.6 Å². The molecule has 0 spiro atoms. The van der Waals surface area contributed by atoms with E-state index in [1.165, 1.54) is 31.4 Å². The minimum absolute atomic E-state index is 0.171. The molecule has 2 rings (SSSR count). The highest BCUT2D eigenvalue weighted by Gasteiger charge is 2.22. The Balaban J connectivity index is 2.11. The fourth-order valence-electron chi connectivity index (χ4n) is 2.43. The molecule has 0 saturated carbocycles. The summed E-state index contributed by atoms with van der Waals surface area (Å²) in [7, 11) is 1.96. The summed E-state index contributed by atoms with van der Waals surface area (Å²) in [5.74, 6) is -0.171. The molecule has 3 heteroatoms. The SMILES string of the molecule is CNC(c1ccc(F)cc1)C1CCCCN1. The largest absolute Gasteiger partial charge is 0.312 e. The summed E-state index contributed by atoms with van der Waals surface area (Å²) in [6.45, 7) is 1.09. The molecule has 1 fully saturated rings. The van der Waals surface area contributed by atoms with Gasteiger partial charge in [-0.25, -0.2) is 4.39 Å². The molecule has 0 aliphatic carbocycles. The Morgan fingerprint density at radius 3 is 2.62 bits per heavy atom. The van der Waals surface area contributed by atoms with Crippen LogP contribution in [-0.2, 0) is 0 Å². The fraction of sp³-hybridized carbons (Fsp3) is 0.538. The van der Waals surface area contributed by atoms with Gasteiger partial charge in [-0.1, -0.05) is 18.6 Å². The molecule has 88 valence electrons. The molecule has 1 aliphatic rings. The summed E-state index contributed by atoms with van der Waals surface area (Å²) < 4.78 is 12.9. The second-order valence-corrected chi connectivity index (χ2v) is 4.37. The molecule has 2 atom stereocenters. The molecule has 1 saturated heterocycles. The Kier molecular flexibility index (Phi) is 3.91. The third-order valence-corrected chi connectivity index (χ3v) is 3.29. The van der Waals surface area contributed by atoms with Crippen LogP contribution in [0.4, 0.5) is 4.39 Å². The third kappa shape index (κ3) is 2.60. The third-order valence-electron chi connectivity index (χ3n) is 3.29. The second kappa shape index (κ2) is 5.41. The number of rotatable bonds is 3. The lowest BCUT2D eigenvalue weighted by atomic mass is 9.93. The summed E-state index contributed by atoms with van der Waals surface area (Å²) in [5.41, 5.74) is 1.16. The van der Waals surface area contributed by atoms with Crippen LogP contribution in [0.2, 0.25) is 0 Å². The van der Waals surface area contributed by atoms with E-state index in [1.807, 2.05) is 19.2 Å². The van der Waals surface area contributed by atoms with Gasteiger partial charge in [-0.15, -0.1) is 0 Å². The van der Waals surface area contributed by atoms with Crippen molar-refractivity contribution in [1.29, 1.82) is 0 Å². The molecule has 1 aromatic carbocycles. The Labute approximate surface area is 96.2 Å². The Bertz CT molecular complexity index is 317. The van der Waals surface area contributed by atoms with E-state index in [2.05, 4.69) is 10.6 Å². The number of halogens is 1. The van der Waals surface area contributed by atoms with E-state index in [0.717, 1.165) is 12.1 Å². The van der Waals surface area contributed by atoms with E-state index in [4.69, 9.17) is 0 Å². The van der Waals surface area contributed by atoms with Gasteiger partial charge in [0.15, 0.2) is 0 Å². The first kappa shape index (κ1) is 11.6. The fourth-order valence-corrected chi connectivity index (χ4v) is 2.43. The molecule has 0 aromatic heterocycles. The van der Waals surface area contributed by atoms with E-state index < -0.39 is 0 Å². The maximum absolute atomic E-state index is 12.9. The van der Waals surface area contributed by atoms with Gasteiger partial charge in [0.2, 0.25) is 0 Å². The van der Waals surface area contributed by atoms with Crippen LogP contribution < -0.4 is 10.6 Å². The first-order chi connectivity index (χ1) is 7.81. The summed E-state index contributed by atoms with van der Waals surface area (Å²) in [6.07, 6.45) is 3.72. The summed E-state index contributed by atoms with van der Waals surface area (Å²) in [5, 5.41) is 6.85. The van der Waals surface area contributed by atoms with Crippen molar-refractivity contribution >= 4 is 0 Å². The van der Waals surface area contributed by atoms with Crippen LogP contribution in [0.3, 0.4) is 0 Å². The van der Waals surface area contributed by atoms with Crippen molar-refractivity contribution < 1.29 is 4.39 Å². The molecule has 0 bridgehead atoms. The predicted molar refractivity (Wildman–Crippen MR) is 63.8 cm³/mol. The van der Waals surface area contributed by atoms with Crippen molar-refractivity contribution in [2.24, 2.45) is 0 Å². The average molecular weight is 222 g/mol. The van der Waals surface area contributed by atoms with Crippen LogP contribution >= 0.6 is 0 Å². The van der Waals surface area contributed by atoms with Gasteiger partial charge in [0.1, 0.15) is 5.82 Å². The zero-order chi connectivity index (χ0) is 11.4. The van der Waals surface area contributed by atoms with Gasteiger partial charge in [-0.2, -0.15) is 0 Å². The van der Waals surface area contributed by atoms with Crippen LogP contribution in [0, 0.1) is 5.82 Å². The van der Waals surface area contributed by atoms with Gasteiger partial charge in [-0.05, 0) is 44.1 Å². The van der Waals surface area contributed by atoms with Crippen molar-refractivity contribution in [3.05, 3.63) is 35.6 Å². The highest BCUT2D eigenvalue weighted by molar-refractivity contribution is 5.21. The molecule has 2 unspecified atom stereocenters. The van der Waals surface area contributed by atoms with Crippen molar-refractivity contribution in [3.63, 3.8) is 0 Å². The average Bonchev–Trinajstić information content (AvgIpc) is 2.34. The Hall–Kier alpha value is -0.930. The van der Waals surface area contributed by atoms with Crippen molar-refractivity contribution in [3.8, 4) is 0 Å². The van der Waals surface area contributed by atoms with Crippen molar-refractivity contribution in [2.45, 2.75) is 31.3 Å². The first-order valence-corrected chi connectivity index (χ1v) is 5.97. The summed E-state index contributed by atoms with van der Waals surface area (Å²) in [4.78, 5) is 0. The van der Waals surface area contributed by atoms with Crippen LogP contribution in [0.1, 0.15) is 30.9 Å². The predicted octanol–water partition coefficient (Wildman–Crippen LogP) is 2.23. The Morgan fingerprint density at radius 2 is 2.06 bits per heavy atom. The number of hydrogen-bond acceptors (Lipinski definition) is 2. The first-order valence-electron chi connectivity index (χ1n) is 5.97. The zero-order valence-corrected chi connectivity index (χ0v) is 9.67. The minimum Gasteiger partial charge on any atom is -0.312 e. The number of hydrogen-bond donors (Lipinski definition) is 2. The number of nitrogens with one attached hydrogen (secondary N) is 2. The summed E-state index contributed by atoms with van der Waals surface area (Å²) in [6, 6.07) is 7.54. The lowest BCUT2D eigenvalue weighted by molar-refractivity contribution is 0.326. The lowest BCUT2D eigenvalue weighted by Crippen LogP contribution is -2.43. The van der Waals surface area contributed by atoms with E-state index >= 15 is 0 Å². The van der Waals surface area contributed by atoms with Gasteiger partial charge in [0.25, 0.3) is 0 Å². The monoisotopic (exact) mass is 222 g/mol. The quantitative estimate of drug-likeness (QED) is 0.819. The van der Waals surface area contributed by atoms with Crippen molar-refractivity contribution in [1.82, 2.24) is 10.6 Å². The smallest absolute Gasteiger partial charge is 0.123 e. The van der Waals surface area contributed by atoms with Gasteiger partial charge >= 0.3 is 0 Å². The molecule has 1 aromatic rings. The number of piperidine rings is 1. The molecule has 16 heavy (non-hydrogen) atoms. The van der Waals surface area contributed by atoms with Gasteiger partial charge in [0.05, 0.1) is 0 Å². The molecule has 2 N–H and O–H groups in total. The maximum Gasteiger partial charge on any atom is 0.123 e. The van der Waals surface area contributed by atoms with Gasteiger partial charge in [-0.3, -0.25) is 0 Å². The topological polar surface area (TPSA) is 24.1 Å². The van der Waals surface area contributed by atoms with Crippen LogP contribution in [0.25, 0.3) is 0 Å². The highest BCUT2D eigenvalue weighted by Crippen LogP contribution is 2.22. The zero-order valence-electron chi connectivity index (χ0n) is 9.67. The van der Waals surface area contributed by atoms with E-state index in [1.54, 1.807) is 0 Å². The van der Waals surface area contributed by atoms with E-state index in [0.29, 0.717) is 6.04 Å². The molecule has 1 aliphatic heterocycles. The maximum atomic E-state index is 12.9. The molecule has 1 heterocycles.